The molecule has 0 saturated carbocycles. The van der Waals surface area contributed by atoms with Gasteiger partial charge >= 0.3 is 0 Å². The van der Waals surface area contributed by atoms with Gasteiger partial charge in [0.1, 0.15) is 11.6 Å². The molecule has 0 aliphatic heterocycles. The smallest absolute Gasteiger partial charge is 0.256 e. The number of hydrogen-bond acceptors (Lipinski definition) is 2. The highest BCUT2D eigenvalue weighted by Crippen LogP contribution is 2.25. The molecule has 0 spiro atoms. The molecule has 0 unspecified atom stereocenters. The average Bonchev–Trinajstić information content (AvgIpc) is 3.12. The van der Waals surface area contributed by atoms with E-state index in [9.17, 15) is 9.18 Å². The topological polar surface area (TPSA) is 46.9 Å². The molecule has 138 valence electrons. The van der Waals surface area contributed by atoms with Crippen LogP contribution in [0.4, 0.5) is 10.2 Å². The number of nitrogens with zero attached hydrogens (tertiary/aromatic N) is 2. The fourth-order valence-corrected chi connectivity index (χ4v) is 3.00. The van der Waals surface area contributed by atoms with Gasteiger partial charge in [-0.2, -0.15) is 5.10 Å². The van der Waals surface area contributed by atoms with Crippen molar-refractivity contribution in [3.8, 4) is 16.9 Å². The van der Waals surface area contributed by atoms with Gasteiger partial charge in [-0.3, -0.25) is 4.79 Å². The standard InChI is InChI=1S/C23H18FN3O/c1-16-7-5-10-18(13-16)23(28)25-22-15-21(17-8-3-2-4-9-17)26-27(22)20-12-6-11-19(24)14-20/h2-15H,1H3,(H,25,28). The summed E-state index contributed by atoms with van der Waals surface area (Å²) >= 11 is 0. The third-order valence-corrected chi connectivity index (χ3v) is 4.35. The second-order valence-electron chi connectivity index (χ2n) is 6.50. The monoisotopic (exact) mass is 371 g/mol. The molecule has 1 N–H and O–H groups in total. The largest absolute Gasteiger partial charge is 0.306 e. The van der Waals surface area contributed by atoms with Crippen LogP contribution in [0.2, 0.25) is 0 Å². The van der Waals surface area contributed by atoms with Gasteiger partial charge in [0.05, 0.1) is 11.4 Å². The summed E-state index contributed by atoms with van der Waals surface area (Å²) in [4.78, 5) is 12.7. The Morgan fingerprint density at radius 3 is 2.46 bits per heavy atom. The summed E-state index contributed by atoms with van der Waals surface area (Å²) in [6, 6.07) is 24.9. The predicted molar refractivity (Wildman–Crippen MR) is 108 cm³/mol. The van der Waals surface area contributed by atoms with Gasteiger partial charge in [0.2, 0.25) is 0 Å². The van der Waals surface area contributed by atoms with Crippen LogP contribution in [0.25, 0.3) is 16.9 Å². The van der Waals surface area contributed by atoms with Crippen molar-refractivity contribution in [1.82, 2.24) is 9.78 Å². The number of rotatable bonds is 4. The molecule has 4 nitrogen and oxygen atoms in total. The van der Waals surface area contributed by atoms with Crippen molar-refractivity contribution in [2.24, 2.45) is 0 Å². The number of nitrogens with one attached hydrogen (secondary N) is 1. The molecule has 0 atom stereocenters. The van der Waals surface area contributed by atoms with Crippen LogP contribution in [-0.4, -0.2) is 15.7 Å². The molecule has 0 saturated heterocycles. The molecule has 3 aromatic carbocycles. The number of aromatic nitrogens is 2. The molecule has 4 rings (SSSR count). The molecule has 1 amide bonds. The minimum atomic E-state index is -0.370. The maximum atomic E-state index is 13.8. The maximum Gasteiger partial charge on any atom is 0.256 e. The molecule has 4 aromatic rings. The van der Waals surface area contributed by atoms with Crippen molar-refractivity contribution in [3.63, 3.8) is 0 Å². The summed E-state index contributed by atoms with van der Waals surface area (Å²) in [7, 11) is 0. The molecule has 1 aromatic heterocycles. The van der Waals surface area contributed by atoms with Crippen molar-refractivity contribution < 1.29 is 9.18 Å². The Kier molecular flexibility index (Phi) is 4.72. The number of hydrogen-bond donors (Lipinski definition) is 1. The first-order valence-electron chi connectivity index (χ1n) is 8.89. The van der Waals surface area contributed by atoms with E-state index in [1.807, 2.05) is 55.5 Å². The number of aryl methyl sites for hydroxylation is 1. The van der Waals surface area contributed by atoms with E-state index in [0.29, 0.717) is 22.8 Å². The normalized spacial score (nSPS) is 10.6. The maximum absolute atomic E-state index is 13.8. The third-order valence-electron chi connectivity index (χ3n) is 4.35. The Balaban J connectivity index is 1.76. The average molecular weight is 371 g/mol. The predicted octanol–water partition coefficient (Wildman–Crippen LogP) is 5.24. The van der Waals surface area contributed by atoms with Crippen LogP contribution in [0.3, 0.4) is 0 Å². The van der Waals surface area contributed by atoms with Gasteiger partial charge in [0, 0.05) is 17.2 Å². The van der Waals surface area contributed by atoms with Crippen LogP contribution >= 0.6 is 0 Å². The van der Waals surface area contributed by atoms with E-state index >= 15 is 0 Å². The lowest BCUT2D eigenvalue weighted by atomic mass is 10.1. The molecule has 1 heterocycles. The van der Waals surface area contributed by atoms with Gasteiger partial charge in [-0.25, -0.2) is 9.07 Å². The van der Waals surface area contributed by atoms with E-state index in [1.165, 1.54) is 12.1 Å². The van der Waals surface area contributed by atoms with Crippen molar-refractivity contribution in [2.45, 2.75) is 6.92 Å². The van der Waals surface area contributed by atoms with Crippen molar-refractivity contribution in [1.29, 1.82) is 0 Å². The van der Waals surface area contributed by atoms with Crippen molar-refractivity contribution in [3.05, 3.63) is 102 Å². The number of carbonyl (C=O) groups is 1. The van der Waals surface area contributed by atoms with E-state index in [4.69, 9.17) is 0 Å². The molecule has 0 bridgehead atoms. The number of benzene rings is 3. The minimum absolute atomic E-state index is 0.249. The van der Waals surface area contributed by atoms with E-state index in [0.717, 1.165) is 11.1 Å². The molecule has 0 aliphatic carbocycles. The first-order valence-corrected chi connectivity index (χ1v) is 8.89. The Labute approximate surface area is 162 Å². The van der Waals surface area contributed by atoms with Crippen LogP contribution in [0.5, 0.6) is 0 Å². The Bertz CT molecular complexity index is 1140. The summed E-state index contributed by atoms with van der Waals surface area (Å²) in [5.74, 6) is -0.151. The zero-order chi connectivity index (χ0) is 19.5. The van der Waals surface area contributed by atoms with Gasteiger partial charge in [-0.05, 0) is 37.3 Å². The van der Waals surface area contributed by atoms with Gasteiger partial charge in [0.25, 0.3) is 5.91 Å². The number of halogens is 1. The third kappa shape index (κ3) is 3.69. The van der Waals surface area contributed by atoms with E-state index in [-0.39, 0.29) is 11.7 Å². The van der Waals surface area contributed by atoms with Gasteiger partial charge in [-0.1, -0.05) is 54.1 Å². The van der Waals surface area contributed by atoms with Crippen molar-refractivity contribution >= 4 is 11.7 Å². The van der Waals surface area contributed by atoms with Gasteiger partial charge in [0.15, 0.2) is 0 Å². The van der Waals surface area contributed by atoms with Crippen LogP contribution in [0, 0.1) is 12.7 Å². The second-order valence-corrected chi connectivity index (χ2v) is 6.50. The summed E-state index contributed by atoms with van der Waals surface area (Å²) < 4.78 is 15.3. The first-order chi connectivity index (χ1) is 13.6. The fraction of sp³-hybridized carbons (Fsp3) is 0.0435. The highest BCUT2D eigenvalue weighted by atomic mass is 19.1. The van der Waals surface area contributed by atoms with Crippen LogP contribution in [0.1, 0.15) is 15.9 Å². The Morgan fingerprint density at radius 1 is 0.929 bits per heavy atom. The number of carbonyl (C=O) groups excluding carboxylic acids is 1. The highest BCUT2D eigenvalue weighted by molar-refractivity contribution is 6.04. The number of amides is 1. The Morgan fingerprint density at radius 2 is 1.71 bits per heavy atom. The Hall–Kier alpha value is -3.73. The molecule has 0 radical (unpaired) electrons. The van der Waals surface area contributed by atoms with Crippen LogP contribution in [-0.2, 0) is 0 Å². The molecule has 28 heavy (non-hydrogen) atoms. The highest BCUT2D eigenvalue weighted by Gasteiger charge is 2.15. The van der Waals surface area contributed by atoms with E-state index in [2.05, 4.69) is 10.4 Å². The SMILES string of the molecule is Cc1cccc(C(=O)Nc2cc(-c3ccccc3)nn2-c2cccc(F)c2)c1. The second kappa shape index (κ2) is 7.48. The summed E-state index contributed by atoms with van der Waals surface area (Å²) in [5.41, 5.74) is 3.67. The lowest BCUT2D eigenvalue weighted by Gasteiger charge is -2.09. The number of anilines is 1. The van der Waals surface area contributed by atoms with Gasteiger partial charge in [-0.15, -0.1) is 0 Å². The molecule has 0 aliphatic rings. The quantitative estimate of drug-likeness (QED) is 0.533. The van der Waals surface area contributed by atoms with Gasteiger partial charge < -0.3 is 5.32 Å². The molecular formula is C23H18FN3O. The minimum Gasteiger partial charge on any atom is -0.306 e. The van der Waals surface area contributed by atoms with Crippen LogP contribution in [0.15, 0.2) is 84.9 Å². The van der Waals surface area contributed by atoms with E-state index < -0.39 is 0 Å². The molecule has 5 heteroatoms. The first kappa shape index (κ1) is 17.7. The van der Waals surface area contributed by atoms with Crippen molar-refractivity contribution in [2.75, 3.05) is 5.32 Å². The summed E-state index contributed by atoms with van der Waals surface area (Å²) in [6.45, 7) is 1.93. The van der Waals surface area contributed by atoms with Crippen LogP contribution < -0.4 is 5.32 Å². The lowest BCUT2D eigenvalue weighted by molar-refractivity contribution is 0.102. The zero-order valence-electron chi connectivity index (χ0n) is 15.3. The van der Waals surface area contributed by atoms with E-state index in [1.54, 1.807) is 28.9 Å². The lowest BCUT2D eigenvalue weighted by Crippen LogP contribution is -2.15. The molecule has 0 fully saturated rings. The summed E-state index contributed by atoms with van der Waals surface area (Å²) in [6.07, 6.45) is 0. The molecular weight excluding hydrogens is 353 g/mol. The zero-order valence-corrected chi connectivity index (χ0v) is 15.3. The summed E-state index contributed by atoms with van der Waals surface area (Å²) in [5, 5.41) is 7.49. The fourth-order valence-electron chi connectivity index (χ4n) is 3.00.